The molecule has 0 radical (unpaired) electrons. The summed E-state index contributed by atoms with van der Waals surface area (Å²) in [4.78, 5) is 22.0. The molecule has 1 heterocycles. The molecule has 10 heteroatoms. The summed E-state index contributed by atoms with van der Waals surface area (Å²) in [6.45, 7) is -0.489. The van der Waals surface area contributed by atoms with Gasteiger partial charge in [-0.1, -0.05) is 11.6 Å². The Kier molecular flexibility index (Phi) is 4.08. The Hall–Kier alpha value is -2.29. The Morgan fingerprint density at radius 1 is 1.40 bits per heavy atom. The molecule has 0 atom stereocenters. The zero-order chi connectivity index (χ0) is 14.7. The van der Waals surface area contributed by atoms with Crippen LogP contribution in [0.4, 0.5) is 10.1 Å². The summed E-state index contributed by atoms with van der Waals surface area (Å²) < 4.78 is 13.9. The third-order valence-electron chi connectivity index (χ3n) is 2.51. The molecule has 0 amide bonds. The first-order valence-corrected chi connectivity index (χ1v) is 5.95. The number of aromatic nitrogens is 4. The second-order valence-corrected chi connectivity index (χ2v) is 4.24. The maximum Gasteiger partial charge on any atom is 0.368 e. The number of nitrogens with zero attached hydrogens (tertiary/aromatic N) is 5. The summed E-state index contributed by atoms with van der Waals surface area (Å²) >= 11 is 5.68. The van der Waals surface area contributed by atoms with E-state index in [1.807, 2.05) is 0 Å². The molecular weight excluding hydrogens is 293 g/mol. The van der Waals surface area contributed by atoms with Gasteiger partial charge in [-0.15, -0.1) is 0 Å². The Labute approximate surface area is 116 Å². The van der Waals surface area contributed by atoms with E-state index in [2.05, 4.69) is 10.4 Å². The van der Waals surface area contributed by atoms with Gasteiger partial charge in [-0.3, -0.25) is 14.5 Å². The van der Waals surface area contributed by atoms with Crippen molar-refractivity contribution in [2.45, 2.75) is 13.0 Å². The smallest absolute Gasteiger partial charge is 0.258 e. The van der Waals surface area contributed by atoms with E-state index in [4.69, 9.17) is 11.6 Å². The van der Waals surface area contributed by atoms with E-state index < -0.39 is 17.3 Å². The third kappa shape index (κ3) is 2.67. The van der Waals surface area contributed by atoms with Crippen LogP contribution in [0.3, 0.4) is 0 Å². The van der Waals surface area contributed by atoms with Crippen LogP contribution in [0.5, 0.6) is 0 Å². The number of alkyl halides is 1. The second-order valence-electron chi connectivity index (χ2n) is 3.83. The molecule has 2 rings (SSSR count). The minimum absolute atomic E-state index is 0.0448. The molecule has 1 aromatic heterocycles. The molecule has 0 saturated carbocycles. The van der Waals surface area contributed by atoms with Crippen molar-refractivity contribution in [1.29, 1.82) is 0 Å². The van der Waals surface area contributed by atoms with E-state index in [-0.39, 0.29) is 29.4 Å². The normalized spacial score (nSPS) is 10.7. The summed E-state index contributed by atoms with van der Waals surface area (Å²) in [6, 6.07) is 3.82. The molecule has 106 valence electrons. The zero-order valence-electron chi connectivity index (χ0n) is 10.1. The average molecular weight is 302 g/mol. The lowest BCUT2D eigenvalue weighted by Crippen LogP contribution is -2.24. The van der Waals surface area contributed by atoms with Crippen LogP contribution in [0.2, 0.25) is 5.02 Å². The highest BCUT2D eigenvalue weighted by Crippen LogP contribution is 2.25. The molecule has 0 aliphatic heterocycles. The monoisotopic (exact) mass is 301 g/mol. The minimum atomic E-state index is -0.662. The van der Waals surface area contributed by atoms with Crippen molar-refractivity contribution in [3.05, 3.63) is 43.8 Å². The fraction of sp³-hybridized carbons (Fsp3) is 0.300. The standard InChI is InChI=1S/C10H9ClFN5O3/c11-8-3-2-7(6-9(8)17(19)20)16-10(18)15(13-14-16)5-1-4-12/h2-3,6H,1,4-5H2. The topological polar surface area (TPSA) is 95.8 Å². The minimum Gasteiger partial charge on any atom is -0.258 e. The van der Waals surface area contributed by atoms with Gasteiger partial charge in [0.05, 0.1) is 23.8 Å². The van der Waals surface area contributed by atoms with E-state index in [0.29, 0.717) is 0 Å². The van der Waals surface area contributed by atoms with Gasteiger partial charge >= 0.3 is 5.69 Å². The Balaban J connectivity index is 2.42. The number of rotatable bonds is 5. The van der Waals surface area contributed by atoms with Crippen LogP contribution in [0.15, 0.2) is 23.0 Å². The van der Waals surface area contributed by atoms with Crippen LogP contribution in [0, 0.1) is 10.1 Å². The molecule has 0 unspecified atom stereocenters. The van der Waals surface area contributed by atoms with Crippen molar-refractivity contribution in [3.8, 4) is 5.69 Å². The highest BCUT2D eigenvalue weighted by atomic mass is 35.5. The predicted octanol–water partition coefficient (Wildman–Crippen LogP) is 1.35. The molecule has 8 nitrogen and oxygen atoms in total. The summed E-state index contributed by atoms with van der Waals surface area (Å²) in [6.07, 6.45) is 0.138. The van der Waals surface area contributed by atoms with Crippen molar-refractivity contribution >= 4 is 17.3 Å². The quantitative estimate of drug-likeness (QED) is 0.613. The summed E-state index contributed by atoms with van der Waals surface area (Å²) in [5.74, 6) is 0. The van der Waals surface area contributed by atoms with Crippen LogP contribution in [-0.2, 0) is 6.54 Å². The fourth-order valence-electron chi connectivity index (χ4n) is 1.56. The number of aryl methyl sites for hydroxylation is 1. The molecule has 0 fully saturated rings. The number of tetrazole rings is 1. The van der Waals surface area contributed by atoms with Crippen molar-refractivity contribution < 1.29 is 9.31 Å². The summed E-state index contributed by atoms with van der Waals surface area (Å²) in [7, 11) is 0. The van der Waals surface area contributed by atoms with E-state index in [9.17, 15) is 19.3 Å². The first kappa shape index (κ1) is 14.1. The largest absolute Gasteiger partial charge is 0.368 e. The molecule has 0 bridgehead atoms. The van der Waals surface area contributed by atoms with Gasteiger partial charge < -0.3 is 0 Å². The number of nitro benzene ring substituents is 1. The van der Waals surface area contributed by atoms with Gasteiger partial charge in [0.2, 0.25) is 0 Å². The Morgan fingerprint density at radius 3 is 2.80 bits per heavy atom. The lowest BCUT2D eigenvalue weighted by molar-refractivity contribution is -0.384. The summed E-state index contributed by atoms with van der Waals surface area (Å²) in [5.41, 5.74) is -0.776. The average Bonchev–Trinajstić information content (AvgIpc) is 2.78. The van der Waals surface area contributed by atoms with E-state index in [1.165, 1.54) is 12.1 Å². The molecule has 2 aromatic rings. The maximum absolute atomic E-state index is 12.1. The molecular formula is C10H9ClFN5O3. The first-order chi connectivity index (χ1) is 9.54. The van der Waals surface area contributed by atoms with Gasteiger partial charge in [-0.2, -0.15) is 9.36 Å². The molecule has 0 aliphatic carbocycles. The Bertz CT molecular complexity index is 698. The van der Waals surface area contributed by atoms with E-state index in [0.717, 1.165) is 15.4 Å². The lowest BCUT2D eigenvalue weighted by Gasteiger charge is -2.00. The molecule has 0 saturated heterocycles. The molecule has 20 heavy (non-hydrogen) atoms. The highest BCUT2D eigenvalue weighted by molar-refractivity contribution is 6.32. The second kappa shape index (κ2) is 5.78. The SMILES string of the molecule is O=c1n(CCCF)nnn1-c1ccc(Cl)c([N+](=O)[O-])c1. The fourth-order valence-corrected chi connectivity index (χ4v) is 1.75. The number of halogens is 2. The lowest BCUT2D eigenvalue weighted by atomic mass is 10.3. The van der Waals surface area contributed by atoms with Gasteiger partial charge in [0, 0.05) is 6.07 Å². The van der Waals surface area contributed by atoms with Crippen LogP contribution in [0.1, 0.15) is 6.42 Å². The Morgan fingerprint density at radius 2 is 2.15 bits per heavy atom. The van der Waals surface area contributed by atoms with E-state index >= 15 is 0 Å². The number of hydrogen-bond acceptors (Lipinski definition) is 5. The van der Waals surface area contributed by atoms with Crippen molar-refractivity contribution in [1.82, 2.24) is 19.8 Å². The van der Waals surface area contributed by atoms with Gasteiger partial charge in [0.25, 0.3) is 5.69 Å². The molecule has 1 aromatic carbocycles. The van der Waals surface area contributed by atoms with Gasteiger partial charge in [-0.05, 0) is 29.0 Å². The van der Waals surface area contributed by atoms with Crippen LogP contribution in [-0.4, -0.2) is 31.4 Å². The van der Waals surface area contributed by atoms with Gasteiger partial charge in [-0.25, -0.2) is 4.79 Å². The molecule has 0 spiro atoms. The third-order valence-corrected chi connectivity index (χ3v) is 2.83. The number of nitro groups is 1. The summed E-state index contributed by atoms with van der Waals surface area (Å²) in [5, 5.41) is 17.9. The van der Waals surface area contributed by atoms with Gasteiger partial charge in [0.15, 0.2) is 0 Å². The van der Waals surface area contributed by atoms with Crippen molar-refractivity contribution in [3.63, 3.8) is 0 Å². The van der Waals surface area contributed by atoms with Gasteiger partial charge in [0.1, 0.15) is 5.02 Å². The molecule has 0 N–H and O–H groups in total. The predicted molar refractivity (Wildman–Crippen MR) is 67.9 cm³/mol. The van der Waals surface area contributed by atoms with E-state index in [1.54, 1.807) is 0 Å². The highest BCUT2D eigenvalue weighted by Gasteiger charge is 2.16. The van der Waals surface area contributed by atoms with Crippen molar-refractivity contribution in [2.24, 2.45) is 0 Å². The van der Waals surface area contributed by atoms with Crippen LogP contribution in [0.25, 0.3) is 5.69 Å². The maximum atomic E-state index is 12.1. The zero-order valence-corrected chi connectivity index (χ0v) is 10.8. The van der Waals surface area contributed by atoms with Crippen molar-refractivity contribution in [2.75, 3.05) is 6.67 Å². The number of hydrogen-bond donors (Lipinski definition) is 0. The number of benzene rings is 1. The molecule has 0 aliphatic rings. The van der Waals surface area contributed by atoms with Crippen LogP contribution < -0.4 is 5.69 Å². The first-order valence-electron chi connectivity index (χ1n) is 5.57. The van der Waals surface area contributed by atoms with Crippen LogP contribution >= 0.6 is 11.6 Å².